The summed E-state index contributed by atoms with van der Waals surface area (Å²) in [5.74, 6) is 2.14. The summed E-state index contributed by atoms with van der Waals surface area (Å²) in [4.78, 5) is 18.3. The molecule has 0 aromatic carbocycles. The Morgan fingerprint density at radius 1 is 1.61 bits per heavy atom. The largest absolute Gasteiger partial charge is 0.384 e. The first-order chi connectivity index (χ1) is 8.70. The van der Waals surface area contributed by atoms with Crippen LogP contribution in [-0.2, 0) is 0 Å². The average molecular weight is 265 g/mol. The molecule has 0 unspecified atom stereocenters. The maximum atomic E-state index is 12.3. The summed E-state index contributed by atoms with van der Waals surface area (Å²) in [6.45, 7) is 1.68. The zero-order valence-corrected chi connectivity index (χ0v) is 11.4. The Morgan fingerprint density at radius 3 is 3.17 bits per heavy atom. The van der Waals surface area contributed by atoms with Gasteiger partial charge in [-0.05, 0) is 42.9 Å². The molecule has 1 aromatic rings. The Labute approximate surface area is 112 Å². The number of aromatic nitrogens is 1. The molecular formula is C13H19N3OS. The summed E-state index contributed by atoms with van der Waals surface area (Å²) in [5, 5.41) is 0. The van der Waals surface area contributed by atoms with Crippen molar-refractivity contribution in [1.29, 1.82) is 0 Å². The van der Waals surface area contributed by atoms with Crippen molar-refractivity contribution < 1.29 is 4.79 Å². The first-order valence-electron chi connectivity index (χ1n) is 6.21. The normalized spacial score (nSPS) is 19.8. The number of carbonyl (C=O) groups excluding carboxylic acids is 1. The monoisotopic (exact) mass is 265 g/mol. The van der Waals surface area contributed by atoms with E-state index >= 15 is 0 Å². The number of rotatable bonds is 3. The topological polar surface area (TPSA) is 59.2 Å². The van der Waals surface area contributed by atoms with Gasteiger partial charge in [-0.25, -0.2) is 4.98 Å². The molecule has 0 spiro atoms. The van der Waals surface area contributed by atoms with Crippen LogP contribution in [0.15, 0.2) is 18.2 Å². The maximum absolute atomic E-state index is 12.3. The maximum Gasteiger partial charge on any atom is 0.272 e. The van der Waals surface area contributed by atoms with Gasteiger partial charge in [0.15, 0.2) is 0 Å². The van der Waals surface area contributed by atoms with Crippen LogP contribution in [0.3, 0.4) is 0 Å². The molecule has 4 nitrogen and oxygen atoms in total. The number of nitrogens with two attached hydrogens (primary N) is 1. The van der Waals surface area contributed by atoms with Gasteiger partial charge in [-0.2, -0.15) is 11.8 Å². The average Bonchev–Trinajstić information content (AvgIpc) is 2.39. The number of thioether (sulfide) groups is 1. The number of hydrogen-bond acceptors (Lipinski definition) is 4. The molecule has 0 radical (unpaired) electrons. The van der Waals surface area contributed by atoms with E-state index in [-0.39, 0.29) is 5.91 Å². The fourth-order valence-electron chi connectivity index (χ4n) is 2.35. The van der Waals surface area contributed by atoms with Crippen molar-refractivity contribution in [1.82, 2.24) is 9.88 Å². The van der Waals surface area contributed by atoms with Gasteiger partial charge in [-0.3, -0.25) is 4.79 Å². The highest BCUT2D eigenvalue weighted by molar-refractivity contribution is 7.98. The van der Waals surface area contributed by atoms with E-state index in [1.165, 1.54) is 6.42 Å². The van der Waals surface area contributed by atoms with Crippen LogP contribution >= 0.6 is 11.8 Å². The van der Waals surface area contributed by atoms with Crippen molar-refractivity contribution in [2.75, 3.05) is 30.8 Å². The first kappa shape index (κ1) is 13.2. The van der Waals surface area contributed by atoms with Crippen molar-refractivity contribution in [2.24, 2.45) is 5.92 Å². The number of nitrogens with zero attached hydrogens (tertiary/aromatic N) is 2. The minimum absolute atomic E-state index is 0.00750. The zero-order chi connectivity index (χ0) is 13.0. The van der Waals surface area contributed by atoms with E-state index < -0.39 is 0 Å². The van der Waals surface area contributed by atoms with Crippen LogP contribution < -0.4 is 5.73 Å². The van der Waals surface area contributed by atoms with Crippen molar-refractivity contribution in [3.8, 4) is 0 Å². The summed E-state index contributed by atoms with van der Waals surface area (Å²) in [5.41, 5.74) is 6.07. The second kappa shape index (κ2) is 6.09. The molecule has 2 heterocycles. The molecule has 1 saturated heterocycles. The third-order valence-electron chi connectivity index (χ3n) is 3.20. The van der Waals surface area contributed by atoms with Crippen molar-refractivity contribution in [3.05, 3.63) is 23.9 Å². The Morgan fingerprint density at radius 2 is 2.44 bits per heavy atom. The number of pyridine rings is 1. The Bertz CT molecular complexity index is 422. The fourth-order valence-corrected chi connectivity index (χ4v) is 3.10. The molecule has 1 atom stereocenters. The van der Waals surface area contributed by atoms with Crippen LogP contribution in [0.2, 0.25) is 0 Å². The third-order valence-corrected chi connectivity index (χ3v) is 4.00. The van der Waals surface area contributed by atoms with Gasteiger partial charge in [0, 0.05) is 13.1 Å². The van der Waals surface area contributed by atoms with E-state index in [1.807, 2.05) is 16.7 Å². The molecule has 1 aromatic heterocycles. The molecule has 0 aliphatic carbocycles. The van der Waals surface area contributed by atoms with Gasteiger partial charge in [-0.15, -0.1) is 0 Å². The first-order valence-corrected chi connectivity index (χ1v) is 7.61. The second-order valence-electron chi connectivity index (χ2n) is 4.66. The molecule has 1 aliphatic heterocycles. The Kier molecular flexibility index (Phi) is 4.47. The molecule has 98 valence electrons. The zero-order valence-electron chi connectivity index (χ0n) is 10.6. The van der Waals surface area contributed by atoms with E-state index in [1.54, 1.807) is 18.2 Å². The molecule has 5 heteroatoms. The highest BCUT2D eigenvalue weighted by Crippen LogP contribution is 2.21. The van der Waals surface area contributed by atoms with Crippen LogP contribution in [0.1, 0.15) is 23.3 Å². The second-order valence-corrected chi connectivity index (χ2v) is 5.57. The van der Waals surface area contributed by atoms with E-state index in [0.717, 1.165) is 25.3 Å². The fraction of sp³-hybridized carbons (Fsp3) is 0.538. The van der Waals surface area contributed by atoms with Gasteiger partial charge in [-0.1, -0.05) is 6.07 Å². The number of anilines is 1. The number of carbonyl (C=O) groups is 1. The molecular weight excluding hydrogens is 246 g/mol. The van der Waals surface area contributed by atoms with Gasteiger partial charge in [0.25, 0.3) is 5.91 Å². The lowest BCUT2D eigenvalue weighted by Gasteiger charge is -2.32. The molecule has 2 N–H and O–H groups in total. The van der Waals surface area contributed by atoms with E-state index in [2.05, 4.69) is 11.2 Å². The highest BCUT2D eigenvalue weighted by atomic mass is 32.2. The third kappa shape index (κ3) is 3.16. The number of hydrogen-bond donors (Lipinski definition) is 1. The molecule has 1 amide bonds. The summed E-state index contributed by atoms with van der Waals surface area (Å²) in [6, 6.07) is 5.21. The van der Waals surface area contributed by atoms with Crippen LogP contribution in [0.5, 0.6) is 0 Å². The number of amides is 1. The van der Waals surface area contributed by atoms with E-state index in [4.69, 9.17) is 5.73 Å². The molecule has 2 rings (SSSR count). The lowest BCUT2D eigenvalue weighted by molar-refractivity contribution is 0.0679. The standard InChI is InChI=1S/C13H19N3OS/c1-18-9-10-4-3-7-16(8-10)13(17)11-5-2-6-12(14)15-11/h2,5-6,10H,3-4,7-9H2,1H3,(H2,14,15)/t10-/m1/s1. The van der Waals surface area contributed by atoms with Crippen LogP contribution in [0.25, 0.3) is 0 Å². The van der Waals surface area contributed by atoms with Crippen molar-refractivity contribution >= 4 is 23.5 Å². The van der Waals surface area contributed by atoms with Crippen LogP contribution in [0, 0.1) is 5.92 Å². The minimum Gasteiger partial charge on any atom is -0.384 e. The SMILES string of the molecule is CSC[C@@H]1CCCN(C(=O)c2cccc(N)n2)C1. The van der Waals surface area contributed by atoms with Gasteiger partial charge >= 0.3 is 0 Å². The summed E-state index contributed by atoms with van der Waals surface area (Å²) < 4.78 is 0. The summed E-state index contributed by atoms with van der Waals surface area (Å²) in [6.07, 6.45) is 4.41. The van der Waals surface area contributed by atoms with Gasteiger partial charge in [0.1, 0.15) is 11.5 Å². The lowest BCUT2D eigenvalue weighted by atomic mass is 10.00. The number of piperidine rings is 1. The molecule has 1 fully saturated rings. The van der Waals surface area contributed by atoms with E-state index in [0.29, 0.717) is 17.4 Å². The number of likely N-dealkylation sites (tertiary alicyclic amines) is 1. The smallest absolute Gasteiger partial charge is 0.272 e. The summed E-state index contributed by atoms with van der Waals surface area (Å²) >= 11 is 1.85. The quantitative estimate of drug-likeness (QED) is 0.906. The van der Waals surface area contributed by atoms with Gasteiger partial charge in [0.2, 0.25) is 0 Å². The van der Waals surface area contributed by atoms with Gasteiger partial charge in [0.05, 0.1) is 0 Å². The number of nitrogen functional groups attached to an aromatic ring is 1. The predicted molar refractivity (Wildman–Crippen MR) is 75.7 cm³/mol. The van der Waals surface area contributed by atoms with Crippen LogP contribution in [-0.4, -0.2) is 40.9 Å². The molecule has 0 saturated carbocycles. The predicted octanol–water partition coefficient (Wildman–Crippen LogP) is 1.88. The Hall–Kier alpha value is -1.23. The highest BCUT2D eigenvalue weighted by Gasteiger charge is 2.24. The van der Waals surface area contributed by atoms with Crippen LogP contribution in [0.4, 0.5) is 5.82 Å². The van der Waals surface area contributed by atoms with E-state index in [9.17, 15) is 4.79 Å². The summed E-state index contributed by atoms with van der Waals surface area (Å²) in [7, 11) is 0. The molecule has 18 heavy (non-hydrogen) atoms. The van der Waals surface area contributed by atoms with Crippen molar-refractivity contribution in [3.63, 3.8) is 0 Å². The molecule has 0 bridgehead atoms. The molecule has 1 aliphatic rings. The van der Waals surface area contributed by atoms with Gasteiger partial charge < -0.3 is 10.6 Å². The Balaban J connectivity index is 2.04. The lowest BCUT2D eigenvalue weighted by Crippen LogP contribution is -2.41. The minimum atomic E-state index is 0.00750. The van der Waals surface area contributed by atoms with Crippen molar-refractivity contribution in [2.45, 2.75) is 12.8 Å².